The zero-order chi connectivity index (χ0) is 12.9. The fourth-order valence-corrected chi connectivity index (χ4v) is 2.22. The molecular weight excluding hydrogens is 215 g/mol. The van der Waals surface area contributed by atoms with Gasteiger partial charge >= 0.3 is 0 Å². The molecule has 0 amide bonds. The van der Waals surface area contributed by atoms with Gasteiger partial charge < -0.3 is 10.6 Å². The Hall–Kier alpha value is -0.930. The van der Waals surface area contributed by atoms with Crippen LogP contribution in [0.5, 0.6) is 0 Å². The van der Waals surface area contributed by atoms with Crippen LogP contribution in [0.3, 0.4) is 0 Å². The lowest BCUT2D eigenvalue weighted by Crippen LogP contribution is -2.46. The normalized spacial score (nSPS) is 14.9. The van der Waals surface area contributed by atoms with Crippen molar-refractivity contribution in [2.75, 3.05) is 20.6 Å². The molecule has 2 nitrogen and oxygen atoms in total. The molecule has 0 heterocycles. The number of benzene rings is 1. The van der Waals surface area contributed by atoms with E-state index < -0.39 is 5.54 Å². The minimum atomic E-state index is -0.592. The monoisotopic (exact) mass is 238 g/mol. The van der Waals surface area contributed by atoms with E-state index in [0.29, 0.717) is 12.1 Å². The summed E-state index contributed by atoms with van der Waals surface area (Å²) in [4.78, 5) is 2.02. The fraction of sp³-hybridized carbons (Fsp3) is 0.571. The third kappa shape index (κ3) is 3.79. The van der Waals surface area contributed by atoms with Crippen LogP contribution in [0, 0.1) is 5.82 Å². The van der Waals surface area contributed by atoms with Gasteiger partial charge in [0.05, 0.1) is 5.54 Å². The lowest BCUT2D eigenvalue weighted by Gasteiger charge is -2.33. The van der Waals surface area contributed by atoms with Gasteiger partial charge in [0, 0.05) is 12.1 Å². The summed E-state index contributed by atoms with van der Waals surface area (Å²) < 4.78 is 13.9. The molecule has 0 aromatic heterocycles. The molecule has 17 heavy (non-hydrogen) atoms. The van der Waals surface area contributed by atoms with Gasteiger partial charge in [0.1, 0.15) is 5.82 Å². The molecule has 2 N–H and O–H groups in total. The molecule has 1 aromatic rings. The van der Waals surface area contributed by atoms with Crippen molar-refractivity contribution in [1.82, 2.24) is 4.90 Å². The molecule has 0 aliphatic rings. The van der Waals surface area contributed by atoms with Gasteiger partial charge in [-0.3, -0.25) is 0 Å². The summed E-state index contributed by atoms with van der Waals surface area (Å²) in [5, 5.41) is 0. The van der Waals surface area contributed by atoms with E-state index in [9.17, 15) is 4.39 Å². The average molecular weight is 238 g/mol. The van der Waals surface area contributed by atoms with Crippen LogP contribution in [-0.4, -0.2) is 25.5 Å². The third-order valence-electron chi connectivity index (χ3n) is 2.99. The van der Waals surface area contributed by atoms with Crippen LogP contribution in [0.1, 0.15) is 31.7 Å². The summed E-state index contributed by atoms with van der Waals surface area (Å²) in [6.45, 7) is 2.78. The molecule has 0 bridgehead atoms. The average Bonchev–Trinajstić information content (AvgIpc) is 2.26. The number of likely N-dealkylation sites (N-methyl/N-ethyl adjacent to an activating group) is 1. The molecule has 0 spiro atoms. The van der Waals surface area contributed by atoms with Crippen molar-refractivity contribution in [1.29, 1.82) is 0 Å². The van der Waals surface area contributed by atoms with E-state index >= 15 is 0 Å². The van der Waals surface area contributed by atoms with Gasteiger partial charge in [0.15, 0.2) is 0 Å². The fourth-order valence-electron chi connectivity index (χ4n) is 2.22. The predicted molar refractivity (Wildman–Crippen MR) is 70.3 cm³/mol. The summed E-state index contributed by atoms with van der Waals surface area (Å²) in [7, 11) is 3.93. The van der Waals surface area contributed by atoms with Crippen molar-refractivity contribution < 1.29 is 4.39 Å². The molecule has 0 saturated carbocycles. The first-order chi connectivity index (χ1) is 7.99. The molecule has 0 fully saturated rings. The maximum Gasteiger partial charge on any atom is 0.128 e. The SMILES string of the molecule is CCCCC(N)(CN(C)C)c1ccccc1F. The topological polar surface area (TPSA) is 29.3 Å². The molecule has 0 radical (unpaired) electrons. The number of halogens is 1. The van der Waals surface area contributed by atoms with Crippen LogP contribution in [0.15, 0.2) is 24.3 Å². The number of nitrogens with two attached hydrogens (primary N) is 1. The Morgan fingerprint density at radius 3 is 2.47 bits per heavy atom. The van der Waals surface area contributed by atoms with Gasteiger partial charge in [0.25, 0.3) is 0 Å². The Balaban J connectivity index is 3.00. The first kappa shape index (κ1) is 14.1. The molecule has 0 aliphatic carbocycles. The Bertz CT molecular complexity index is 352. The van der Waals surface area contributed by atoms with Crippen LogP contribution in [0.2, 0.25) is 0 Å². The van der Waals surface area contributed by atoms with Crippen molar-refractivity contribution in [3.63, 3.8) is 0 Å². The highest BCUT2D eigenvalue weighted by Gasteiger charge is 2.29. The highest BCUT2D eigenvalue weighted by atomic mass is 19.1. The zero-order valence-corrected chi connectivity index (χ0v) is 11.0. The molecule has 1 aromatic carbocycles. The number of hydrogen-bond acceptors (Lipinski definition) is 2. The molecule has 0 saturated heterocycles. The van der Waals surface area contributed by atoms with E-state index in [4.69, 9.17) is 5.73 Å². The molecule has 0 aliphatic heterocycles. The summed E-state index contributed by atoms with van der Waals surface area (Å²) in [5.41, 5.74) is 6.46. The minimum Gasteiger partial charge on any atom is -0.320 e. The highest BCUT2D eigenvalue weighted by Crippen LogP contribution is 2.27. The Kier molecular flexibility index (Phi) is 5.09. The smallest absolute Gasteiger partial charge is 0.128 e. The van der Waals surface area contributed by atoms with Crippen LogP contribution < -0.4 is 5.73 Å². The van der Waals surface area contributed by atoms with Crippen molar-refractivity contribution in [3.8, 4) is 0 Å². The standard InChI is InChI=1S/C14H23FN2/c1-4-5-10-14(16,11-17(2)3)12-8-6-7-9-13(12)15/h6-9H,4-5,10-11,16H2,1-3H3. The summed E-state index contributed by atoms with van der Waals surface area (Å²) in [6, 6.07) is 6.84. The molecular formula is C14H23FN2. The number of rotatable bonds is 6. The van der Waals surface area contributed by atoms with Gasteiger partial charge in [-0.2, -0.15) is 0 Å². The van der Waals surface area contributed by atoms with Crippen LogP contribution >= 0.6 is 0 Å². The Labute approximate surface area is 104 Å². The largest absolute Gasteiger partial charge is 0.320 e. The molecule has 1 unspecified atom stereocenters. The first-order valence-electron chi connectivity index (χ1n) is 6.18. The number of unbranched alkanes of at least 4 members (excludes halogenated alkanes) is 1. The first-order valence-corrected chi connectivity index (χ1v) is 6.18. The van der Waals surface area contributed by atoms with Gasteiger partial charge in [-0.15, -0.1) is 0 Å². The van der Waals surface area contributed by atoms with Crippen molar-refractivity contribution >= 4 is 0 Å². The van der Waals surface area contributed by atoms with E-state index in [1.54, 1.807) is 12.1 Å². The number of nitrogens with zero attached hydrogens (tertiary/aromatic N) is 1. The Morgan fingerprint density at radius 1 is 1.29 bits per heavy atom. The van der Waals surface area contributed by atoms with Crippen LogP contribution in [-0.2, 0) is 5.54 Å². The lowest BCUT2D eigenvalue weighted by atomic mass is 9.85. The zero-order valence-electron chi connectivity index (χ0n) is 11.0. The third-order valence-corrected chi connectivity index (χ3v) is 2.99. The summed E-state index contributed by atoms with van der Waals surface area (Å²) in [6.07, 6.45) is 2.89. The molecule has 1 rings (SSSR count). The van der Waals surface area contributed by atoms with Gasteiger partial charge in [-0.25, -0.2) is 4.39 Å². The van der Waals surface area contributed by atoms with Crippen LogP contribution in [0.25, 0.3) is 0 Å². The maximum atomic E-state index is 13.9. The Morgan fingerprint density at radius 2 is 1.94 bits per heavy atom. The molecule has 3 heteroatoms. The van der Waals surface area contributed by atoms with Gasteiger partial charge in [0.2, 0.25) is 0 Å². The second-order valence-corrected chi connectivity index (χ2v) is 4.98. The highest BCUT2D eigenvalue weighted by molar-refractivity contribution is 5.26. The quantitative estimate of drug-likeness (QED) is 0.825. The summed E-state index contributed by atoms with van der Waals surface area (Å²) in [5.74, 6) is -0.201. The second-order valence-electron chi connectivity index (χ2n) is 4.98. The second kappa shape index (κ2) is 6.12. The van der Waals surface area contributed by atoms with Crippen LogP contribution in [0.4, 0.5) is 4.39 Å². The van der Waals surface area contributed by atoms with Crippen molar-refractivity contribution in [2.24, 2.45) is 5.73 Å². The minimum absolute atomic E-state index is 0.201. The maximum absolute atomic E-state index is 13.9. The predicted octanol–water partition coefficient (Wildman–Crippen LogP) is 2.73. The van der Waals surface area contributed by atoms with E-state index in [0.717, 1.165) is 19.3 Å². The van der Waals surface area contributed by atoms with Crippen molar-refractivity contribution in [3.05, 3.63) is 35.6 Å². The summed E-state index contributed by atoms with van der Waals surface area (Å²) >= 11 is 0. The molecule has 96 valence electrons. The molecule has 1 atom stereocenters. The van der Waals surface area contributed by atoms with Gasteiger partial charge in [-0.05, 0) is 26.6 Å². The van der Waals surface area contributed by atoms with E-state index in [-0.39, 0.29) is 5.82 Å². The number of hydrogen-bond donors (Lipinski definition) is 1. The van der Waals surface area contributed by atoms with E-state index in [2.05, 4.69) is 6.92 Å². The van der Waals surface area contributed by atoms with E-state index in [1.807, 2.05) is 25.1 Å². The van der Waals surface area contributed by atoms with Crippen molar-refractivity contribution in [2.45, 2.75) is 31.7 Å². The lowest BCUT2D eigenvalue weighted by molar-refractivity contribution is 0.260. The van der Waals surface area contributed by atoms with Gasteiger partial charge in [-0.1, -0.05) is 38.0 Å². The van der Waals surface area contributed by atoms with E-state index in [1.165, 1.54) is 6.07 Å².